The maximum atomic E-state index is 11.8. The molecule has 39 heavy (non-hydrogen) atoms. The van der Waals surface area contributed by atoms with Gasteiger partial charge in [0, 0.05) is 38.6 Å². The Kier molecular flexibility index (Phi) is 13.7. The summed E-state index contributed by atoms with van der Waals surface area (Å²) in [6.07, 6.45) is -6.66. The Labute approximate surface area is 221 Å². The molecule has 1 aromatic carbocycles. The number of aliphatic carboxylic acids is 2. The summed E-state index contributed by atoms with van der Waals surface area (Å²) in [7, 11) is 1.71. The number of likely N-dealkylation sites (N-methyl/N-ethyl adjacent to an activating group) is 1. The number of benzene rings is 1. The van der Waals surface area contributed by atoms with Gasteiger partial charge in [-0.15, -0.1) is 0 Å². The minimum Gasteiger partial charge on any atom is -0.475 e. The Morgan fingerprint density at radius 2 is 1.49 bits per heavy atom. The highest BCUT2D eigenvalue weighted by Crippen LogP contribution is 2.33. The highest BCUT2D eigenvalue weighted by Gasteiger charge is 2.40. The summed E-state index contributed by atoms with van der Waals surface area (Å²) in [6.45, 7) is 7.17. The lowest BCUT2D eigenvalue weighted by Crippen LogP contribution is -2.51. The summed E-state index contributed by atoms with van der Waals surface area (Å²) in [6, 6.07) is 10.7. The van der Waals surface area contributed by atoms with Crippen molar-refractivity contribution in [3.05, 3.63) is 35.9 Å². The smallest absolute Gasteiger partial charge is 0.475 e. The number of carboxylic acids is 2. The molecule has 1 spiro atoms. The zero-order valence-corrected chi connectivity index (χ0v) is 21.4. The van der Waals surface area contributed by atoms with Gasteiger partial charge in [-0.05, 0) is 31.4 Å². The van der Waals surface area contributed by atoms with Crippen LogP contribution in [0.5, 0.6) is 0 Å². The van der Waals surface area contributed by atoms with Gasteiger partial charge in [-0.3, -0.25) is 9.69 Å². The molecule has 0 aliphatic carbocycles. The molecule has 0 radical (unpaired) electrons. The average molecular weight is 574 g/mol. The molecule has 2 fully saturated rings. The van der Waals surface area contributed by atoms with Crippen molar-refractivity contribution in [3.8, 4) is 0 Å². The van der Waals surface area contributed by atoms with Crippen molar-refractivity contribution in [1.29, 1.82) is 0 Å². The fourth-order valence-corrected chi connectivity index (χ4v) is 4.18. The molecule has 1 atom stereocenters. The van der Waals surface area contributed by atoms with Gasteiger partial charge in [0.05, 0.1) is 19.8 Å². The monoisotopic (exact) mass is 573 g/mol. The number of likely N-dealkylation sites (tertiary alicyclic amines) is 1. The Hall–Kier alpha value is -2.91. The van der Waals surface area contributed by atoms with E-state index in [1.54, 1.807) is 7.05 Å². The molecule has 2 aliphatic rings. The Balaban J connectivity index is 0.000000449. The maximum absolute atomic E-state index is 11.8. The predicted molar refractivity (Wildman–Crippen MR) is 127 cm³/mol. The van der Waals surface area contributed by atoms with E-state index >= 15 is 0 Å². The number of amides is 1. The molecule has 2 heterocycles. The first-order chi connectivity index (χ1) is 18.1. The number of alkyl halides is 6. The highest BCUT2D eigenvalue weighted by atomic mass is 19.4. The predicted octanol–water partition coefficient (Wildman–Crippen LogP) is 2.66. The minimum absolute atomic E-state index is 0.0915. The van der Waals surface area contributed by atoms with Crippen molar-refractivity contribution in [2.24, 2.45) is 5.41 Å². The van der Waals surface area contributed by atoms with E-state index in [1.165, 1.54) is 24.9 Å². The number of halogens is 6. The van der Waals surface area contributed by atoms with E-state index in [2.05, 4.69) is 45.4 Å². The fraction of sp³-hybridized carbons (Fsp3) is 0.625. The van der Waals surface area contributed by atoms with Crippen LogP contribution in [0.2, 0.25) is 0 Å². The van der Waals surface area contributed by atoms with Gasteiger partial charge >= 0.3 is 24.3 Å². The van der Waals surface area contributed by atoms with Gasteiger partial charge in [-0.1, -0.05) is 30.3 Å². The molecule has 0 bridgehead atoms. The van der Waals surface area contributed by atoms with Crippen LogP contribution in [0.25, 0.3) is 0 Å². The summed E-state index contributed by atoms with van der Waals surface area (Å²) in [4.78, 5) is 34.4. The average Bonchev–Trinajstić information content (AvgIpc) is 3.04. The molecule has 1 unspecified atom stereocenters. The van der Waals surface area contributed by atoms with Crippen LogP contribution >= 0.6 is 0 Å². The Morgan fingerprint density at radius 1 is 0.949 bits per heavy atom. The van der Waals surface area contributed by atoms with Gasteiger partial charge in [0.2, 0.25) is 5.91 Å². The summed E-state index contributed by atoms with van der Waals surface area (Å²) < 4.78 is 69.4. The van der Waals surface area contributed by atoms with Crippen molar-refractivity contribution in [1.82, 2.24) is 15.1 Å². The van der Waals surface area contributed by atoms with E-state index in [-0.39, 0.29) is 11.3 Å². The fourth-order valence-electron chi connectivity index (χ4n) is 4.18. The quantitative estimate of drug-likeness (QED) is 0.461. The molecule has 0 aromatic heterocycles. The van der Waals surface area contributed by atoms with Crippen LogP contribution in [0.3, 0.4) is 0 Å². The van der Waals surface area contributed by atoms with Crippen LogP contribution in [0.4, 0.5) is 26.3 Å². The second-order valence-corrected chi connectivity index (χ2v) is 9.16. The van der Waals surface area contributed by atoms with E-state index in [9.17, 15) is 31.1 Å². The van der Waals surface area contributed by atoms with Gasteiger partial charge in [-0.25, -0.2) is 9.59 Å². The minimum atomic E-state index is -5.08. The summed E-state index contributed by atoms with van der Waals surface area (Å²) in [5.41, 5.74) is 1.57. The van der Waals surface area contributed by atoms with Crippen molar-refractivity contribution >= 4 is 17.8 Å². The lowest BCUT2D eigenvalue weighted by molar-refractivity contribution is -0.193. The van der Waals surface area contributed by atoms with Crippen molar-refractivity contribution in [2.75, 3.05) is 59.5 Å². The van der Waals surface area contributed by atoms with Crippen molar-refractivity contribution in [2.45, 2.75) is 31.6 Å². The van der Waals surface area contributed by atoms with E-state index in [4.69, 9.17) is 24.5 Å². The Morgan fingerprint density at radius 3 is 2.00 bits per heavy atom. The standard InChI is InChI=1S/C20H31N3O2.2C2HF3O2/c1-21-19(24)14-23-12-13-25-17-20(16-23)9-5-10-22(15-20)11-8-18-6-3-2-4-7-18;2*3-2(4,5)1(6)7/h2-4,6-7H,5,8-17H2,1H3,(H,21,24);2*(H,6,7). The third-order valence-electron chi connectivity index (χ3n) is 5.95. The molecule has 3 N–H and O–H groups in total. The van der Waals surface area contributed by atoms with Crippen LogP contribution in [0.15, 0.2) is 30.3 Å². The van der Waals surface area contributed by atoms with Gasteiger partial charge in [-0.2, -0.15) is 26.3 Å². The second-order valence-electron chi connectivity index (χ2n) is 9.16. The largest absolute Gasteiger partial charge is 0.490 e. The molecule has 0 saturated carbocycles. The number of nitrogens with one attached hydrogen (secondary N) is 1. The number of ether oxygens (including phenoxy) is 1. The number of carboxylic acid groups (broad SMARTS) is 2. The van der Waals surface area contributed by atoms with Crippen LogP contribution < -0.4 is 5.32 Å². The molecule has 9 nitrogen and oxygen atoms in total. The first-order valence-corrected chi connectivity index (χ1v) is 12.0. The van der Waals surface area contributed by atoms with Crippen molar-refractivity contribution in [3.63, 3.8) is 0 Å². The number of hydrogen-bond donors (Lipinski definition) is 3. The molecule has 1 aromatic rings. The third-order valence-corrected chi connectivity index (χ3v) is 5.95. The zero-order chi connectivity index (χ0) is 29.7. The van der Waals surface area contributed by atoms with Gasteiger partial charge < -0.3 is 25.2 Å². The Bertz CT molecular complexity index is 892. The number of nitrogens with zero attached hydrogens (tertiary/aromatic N) is 2. The van der Waals surface area contributed by atoms with E-state index < -0.39 is 24.3 Å². The van der Waals surface area contributed by atoms with Crippen molar-refractivity contribution < 1.29 is 55.7 Å². The molecule has 1 amide bonds. The topological polar surface area (TPSA) is 119 Å². The third kappa shape index (κ3) is 13.6. The first kappa shape index (κ1) is 34.1. The number of carbonyl (C=O) groups excluding carboxylic acids is 1. The van der Waals surface area contributed by atoms with Crippen LogP contribution in [0, 0.1) is 5.41 Å². The van der Waals surface area contributed by atoms with Gasteiger partial charge in [0.25, 0.3) is 0 Å². The summed E-state index contributed by atoms with van der Waals surface area (Å²) >= 11 is 0. The number of carbonyl (C=O) groups is 3. The maximum Gasteiger partial charge on any atom is 0.490 e. The second kappa shape index (κ2) is 15.6. The molecular weight excluding hydrogens is 540 g/mol. The molecule has 15 heteroatoms. The molecule has 3 rings (SSSR count). The zero-order valence-electron chi connectivity index (χ0n) is 21.4. The van der Waals surface area contributed by atoms with Crippen LogP contribution in [-0.4, -0.2) is 110 Å². The SMILES string of the molecule is CNC(=O)CN1CCOCC2(CCCN(CCc3ccccc3)C2)C1.O=C(O)C(F)(F)F.O=C(O)C(F)(F)F. The molecule has 2 aliphatic heterocycles. The van der Waals surface area contributed by atoms with Crippen LogP contribution in [0.1, 0.15) is 18.4 Å². The highest BCUT2D eigenvalue weighted by molar-refractivity contribution is 5.77. The molecule has 222 valence electrons. The van der Waals surface area contributed by atoms with E-state index in [1.807, 2.05) is 0 Å². The van der Waals surface area contributed by atoms with Gasteiger partial charge in [0.1, 0.15) is 0 Å². The first-order valence-electron chi connectivity index (χ1n) is 12.0. The van der Waals surface area contributed by atoms with Crippen LogP contribution in [-0.2, 0) is 25.5 Å². The van der Waals surface area contributed by atoms with E-state index in [0.717, 1.165) is 45.8 Å². The summed E-state index contributed by atoms with van der Waals surface area (Å²) in [5.74, 6) is -5.42. The summed E-state index contributed by atoms with van der Waals surface area (Å²) in [5, 5.41) is 17.0. The van der Waals surface area contributed by atoms with Gasteiger partial charge in [0.15, 0.2) is 0 Å². The lowest BCUT2D eigenvalue weighted by Gasteiger charge is -2.43. The molecular formula is C24H33F6N3O6. The number of hydrogen-bond acceptors (Lipinski definition) is 6. The van der Waals surface area contributed by atoms with E-state index in [0.29, 0.717) is 6.54 Å². The normalized spacial score (nSPS) is 20.5. The lowest BCUT2D eigenvalue weighted by atomic mass is 9.80. The number of rotatable bonds is 5. The molecule has 2 saturated heterocycles. The number of piperidine rings is 1.